The molecule has 4 rings (SSSR count). The number of ether oxygens (including phenoxy) is 1. The molecule has 100 valence electrons. The second-order valence-electron chi connectivity index (χ2n) is 5.66. The number of rotatable bonds is 2. The van der Waals surface area contributed by atoms with Gasteiger partial charge in [-0.1, -0.05) is 12.5 Å². The first kappa shape index (κ1) is 11.2. The predicted octanol–water partition coefficient (Wildman–Crippen LogP) is 1.96. The number of nitrogens with one attached hydrogen (secondary N) is 1. The Hall–Kier alpha value is -1.62. The minimum atomic E-state index is 0.291. The third kappa shape index (κ3) is 1.72. The van der Waals surface area contributed by atoms with Crippen LogP contribution in [0.15, 0.2) is 18.2 Å². The Morgan fingerprint density at radius 1 is 1.32 bits per heavy atom. The maximum atomic E-state index is 6.27. The third-order valence-electron chi connectivity index (χ3n) is 4.66. The number of fused-ring (bicyclic) bond motifs is 3. The zero-order valence-electron chi connectivity index (χ0n) is 11.0. The molecule has 19 heavy (non-hydrogen) atoms. The average molecular weight is 258 g/mol. The van der Waals surface area contributed by atoms with Crippen LogP contribution in [-0.2, 0) is 0 Å². The van der Waals surface area contributed by atoms with Crippen molar-refractivity contribution >= 4 is 11.0 Å². The quantitative estimate of drug-likeness (QED) is 0.894. The molecule has 2 aliphatic heterocycles. The van der Waals surface area contributed by atoms with Crippen LogP contribution < -0.4 is 4.74 Å². The highest BCUT2D eigenvalue weighted by Gasteiger charge is 2.42. The van der Waals surface area contributed by atoms with Gasteiger partial charge in [0.1, 0.15) is 17.4 Å². The molecule has 1 aromatic carbocycles. The predicted molar refractivity (Wildman–Crippen MR) is 72.1 cm³/mol. The number of hydrogen-bond donors (Lipinski definition) is 1. The molecule has 1 aromatic heterocycles. The van der Waals surface area contributed by atoms with E-state index in [4.69, 9.17) is 4.74 Å². The highest BCUT2D eigenvalue weighted by atomic mass is 16.5. The Labute approximate surface area is 111 Å². The first-order chi connectivity index (χ1) is 9.33. The molecule has 0 amide bonds. The van der Waals surface area contributed by atoms with Crippen molar-refractivity contribution < 1.29 is 4.74 Å². The van der Waals surface area contributed by atoms with Crippen LogP contribution in [0.3, 0.4) is 0 Å². The molecule has 0 spiro atoms. The van der Waals surface area contributed by atoms with Crippen LogP contribution in [-0.4, -0.2) is 45.5 Å². The lowest BCUT2D eigenvalue weighted by Crippen LogP contribution is -2.40. The maximum absolute atomic E-state index is 6.27. The van der Waals surface area contributed by atoms with Gasteiger partial charge in [0, 0.05) is 18.5 Å². The summed E-state index contributed by atoms with van der Waals surface area (Å²) in [6.45, 7) is 0. The summed E-state index contributed by atoms with van der Waals surface area (Å²) in [6.07, 6.45) is 5.30. The molecular formula is C14H18N4O. The van der Waals surface area contributed by atoms with E-state index < -0.39 is 0 Å². The normalized spacial score (nSPS) is 30.9. The lowest BCUT2D eigenvalue weighted by atomic mass is 10.0. The van der Waals surface area contributed by atoms with E-state index in [1.54, 1.807) is 0 Å². The number of piperidine rings is 1. The van der Waals surface area contributed by atoms with Gasteiger partial charge in [-0.3, -0.25) is 4.90 Å². The number of likely N-dealkylation sites (N-methyl/N-ethyl adjacent to an activating group) is 1. The Balaban J connectivity index is 1.63. The molecule has 3 heterocycles. The number of nitrogens with zero attached hydrogens (tertiary/aromatic N) is 3. The summed E-state index contributed by atoms with van der Waals surface area (Å²) < 4.78 is 6.27. The molecule has 5 heteroatoms. The number of aromatic nitrogens is 3. The van der Waals surface area contributed by atoms with Crippen molar-refractivity contribution in [3.8, 4) is 5.75 Å². The zero-order chi connectivity index (χ0) is 12.8. The number of H-pyrrole nitrogens is 1. The molecule has 2 saturated heterocycles. The summed E-state index contributed by atoms with van der Waals surface area (Å²) >= 11 is 0. The van der Waals surface area contributed by atoms with Crippen molar-refractivity contribution in [3.63, 3.8) is 0 Å². The first-order valence-corrected chi connectivity index (χ1v) is 7.01. The highest BCUT2D eigenvalue weighted by Crippen LogP contribution is 2.37. The van der Waals surface area contributed by atoms with Crippen molar-refractivity contribution in [1.82, 2.24) is 20.3 Å². The van der Waals surface area contributed by atoms with Gasteiger partial charge in [0.2, 0.25) is 0 Å². The average Bonchev–Trinajstić information content (AvgIpc) is 2.93. The summed E-state index contributed by atoms with van der Waals surface area (Å²) in [5.41, 5.74) is 1.71. The van der Waals surface area contributed by atoms with E-state index in [2.05, 4.69) is 27.4 Å². The fourth-order valence-electron chi connectivity index (χ4n) is 3.63. The Bertz CT molecular complexity index is 596. The molecule has 2 aliphatic rings. The van der Waals surface area contributed by atoms with Crippen LogP contribution >= 0.6 is 0 Å². The van der Waals surface area contributed by atoms with E-state index >= 15 is 0 Å². The summed E-state index contributed by atoms with van der Waals surface area (Å²) in [5, 5.41) is 11.0. The van der Waals surface area contributed by atoms with Crippen molar-refractivity contribution in [2.75, 3.05) is 7.05 Å². The minimum absolute atomic E-state index is 0.291. The van der Waals surface area contributed by atoms with Crippen molar-refractivity contribution in [2.24, 2.45) is 0 Å². The Morgan fingerprint density at radius 3 is 3.16 bits per heavy atom. The summed E-state index contributed by atoms with van der Waals surface area (Å²) in [4.78, 5) is 2.50. The van der Waals surface area contributed by atoms with E-state index in [1.807, 2.05) is 18.2 Å². The number of benzene rings is 1. The van der Waals surface area contributed by atoms with Crippen LogP contribution in [0.2, 0.25) is 0 Å². The van der Waals surface area contributed by atoms with Crippen molar-refractivity contribution in [2.45, 2.75) is 43.9 Å². The number of aromatic amines is 1. The Morgan fingerprint density at radius 2 is 2.26 bits per heavy atom. The topological polar surface area (TPSA) is 54.0 Å². The zero-order valence-corrected chi connectivity index (χ0v) is 11.0. The summed E-state index contributed by atoms with van der Waals surface area (Å²) in [7, 11) is 2.23. The van der Waals surface area contributed by atoms with Gasteiger partial charge in [-0.2, -0.15) is 15.4 Å². The van der Waals surface area contributed by atoms with Crippen LogP contribution in [0.1, 0.15) is 25.7 Å². The highest BCUT2D eigenvalue weighted by molar-refractivity contribution is 5.80. The molecule has 2 fully saturated rings. The van der Waals surface area contributed by atoms with Gasteiger partial charge in [-0.15, -0.1) is 0 Å². The molecule has 2 aromatic rings. The largest absolute Gasteiger partial charge is 0.486 e. The fourth-order valence-corrected chi connectivity index (χ4v) is 3.63. The lowest BCUT2D eigenvalue weighted by Gasteiger charge is -2.31. The molecule has 1 N–H and O–H groups in total. The lowest BCUT2D eigenvalue weighted by molar-refractivity contribution is 0.119. The monoisotopic (exact) mass is 258 g/mol. The van der Waals surface area contributed by atoms with Crippen molar-refractivity contribution in [1.29, 1.82) is 0 Å². The SMILES string of the molecule is CN1C2CCCC1C(Oc1cccc3n[nH]nc13)C2. The van der Waals surface area contributed by atoms with Crippen LogP contribution in [0.25, 0.3) is 11.0 Å². The first-order valence-electron chi connectivity index (χ1n) is 7.01. The standard InChI is InChI=1S/C14H18N4O/c1-18-9-4-2-6-11(18)13(8-9)19-12-7-3-5-10-14(12)16-17-15-10/h3,5,7,9,11,13H,2,4,6,8H2,1H3,(H,15,16,17). The van der Waals surface area contributed by atoms with E-state index in [9.17, 15) is 0 Å². The molecule has 3 atom stereocenters. The molecule has 0 aliphatic carbocycles. The van der Waals surface area contributed by atoms with E-state index in [1.165, 1.54) is 19.3 Å². The van der Waals surface area contributed by atoms with Gasteiger partial charge in [-0.25, -0.2) is 0 Å². The van der Waals surface area contributed by atoms with Gasteiger partial charge < -0.3 is 4.74 Å². The third-order valence-corrected chi connectivity index (χ3v) is 4.66. The van der Waals surface area contributed by atoms with E-state index in [-0.39, 0.29) is 0 Å². The second-order valence-corrected chi connectivity index (χ2v) is 5.66. The van der Waals surface area contributed by atoms with Crippen molar-refractivity contribution in [3.05, 3.63) is 18.2 Å². The molecule has 3 unspecified atom stereocenters. The van der Waals surface area contributed by atoms with Gasteiger partial charge in [0.05, 0.1) is 0 Å². The van der Waals surface area contributed by atoms with Gasteiger partial charge >= 0.3 is 0 Å². The molecular weight excluding hydrogens is 240 g/mol. The van der Waals surface area contributed by atoms with Crippen LogP contribution in [0.4, 0.5) is 0 Å². The second kappa shape index (κ2) is 4.20. The van der Waals surface area contributed by atoms with E-state index in [0.29, 0.717) is 18.2 Å². The van der Waals surface area contributed by atoms with Crippen LogP contribution in [0.5, 0.6) is 5.75 Å². The van der Waals surface area contributed by atoms with E-state index in [0.717, 1.165) is 23.2 Å². The van der Waals surface area contributed by atoms with Gasteiger partial charge in [0.15, 0.2) is 5.52 Å². The smallest absolute Gasteiger partial charge is 0.154 e. The summed E-state index contributed by atoms with van der Waals surface area (Å²) in [5.74, 6) is 0.859. The summed E-state index contributed by atoms with van der Waals surface area (Å²) in [6, 6.07) is 7.17. The van der Waals surface area contributed by atoms with Crippen LogP contribution in [0, 0.1) is 0 Å². The van der Waals surface area contributed by atoms with Gasteiger partial charge in [-0.05, 0) is 32.0 Å². The Kier molecular flexibility index (Phi) is 2.48. The maximum Gasteiger partial charge on any atom is 0.154 e. The van der Waals surface area contributed by atoms with Gasteiger partial charge in [0.25, 0.3) is 0 Å². The molecule has 2 bridgehead atoms. The fraction of sp³-hybridized carbons (Fsp3) is 0.571. The minimum Gasteiger partial charge on any atom is -0.486 e. The molecule has 5 nitrogen and oxygen atoms in total. The molecule has 0 saturated carbocycles. The number of hydrogen-bond acceptors (Lipinski definition) is 4. The number of para-hydroxylation sites is 1. The molecule has 0 radical (unpaired) electrons.